The van der Waals surface area contributed by atoms with Gasteiger partial charge in [-0.25, -0.2) is 13.5 Å². The molecule has 0 aliphatic carbocycles. The van der Waals surface area contributed by atoms with E-state index in [9.17, 15) is 13.6 Å². The lowest BCUT2D eigenvalue weighted by molar-refractivity contribution is 0.0868. The van der Waals surface area contributed by atoms with Gasteiger partial charge >= 0.3 is 0 Å². The fourth-order valence-electron chi connectivity index (χ4n) is 3.94. The summed E-state index contributed by atoms with van der Waals surface area (Å²) in [4.78, 5) is 12.6. The zero-order valence-corrected chi connectivity index (χ0v) is 15.4. The second kappa shape index (κ2) is 6.46. The molecule has 1 fully saturated rings. The number of hydrogen-bond donors (Lipinski definition) is 2. The summed E-state index contributed by atoms with van der Waals surface area (Å²) >= 11 is 0. The summed E-state index contributed by atoms with van der Waals surface area (Å²) in [5.74, 6) is -1.68. The van der Waals surface area contributed by atoms with Crippen LogP contribution in [0.25, 0.3) is 5.69 Å². The van der Waals surface area contributed by atoms with Crippen molar-refractivity contribution in [3.63, 3.8) is 0 Å². The normalized spacial score (nSPS) is 19.3. The van der Waals surface area contributed by atoms with E-state index in [2.05, 4.69) is 43.4 Å². The third-order valence-electron chi connectivity index (χ3n) is 4.46. The van der Waals surface area contributed by atoms with Crippen molar-refractivity contribution in [3.8, 4) is 5.69 Å². The average molecular weight is 362 g/mol. The van der Waals surface area contributed by atoms with Gasteiger partial charge in [-0.3, -0.25) is 4.79 Å². The number of carbonyl (C=O) groups excluding carboxylic acids is 1. The molecule has 0 atom stereocenters. The van der Waals surface area contributed by atoms with Crippen LogP contribution in [-0.2, 0) is 0 Å². The standard InChI is InChI=1S/C19H24F2N4O/c1-18(2)10-14(11-19(3,4)24-18)22-17(26)16-5-6-25(23-16)15-8-12(20)7-13(21)9-15/h5-9,14,24H,10-11H2,1-4H3,(H,22,26). The van der Waals surface area contributed by atoms with Crippen LogP contribution in [0.15, 0.2) is 30.5 Å². The largest absolute Gasteiger partial charge is 0.348 e. The maximum absolute atomic E-state index is 13.4. The lowest BCUT2D eigenvalue weighted by Gasteiger charge is -2.46. The molecule has 0 radical (unpaired) electrons. The minimum Gasteiger partial charge on any atom is -0.348 e. The Hall–Kier alpha value is -2.28. The van der Waals surface area contributed by atoms with Crippen LogP contribution >= 0.6 is 0 Å². The zero-order valence-electron chi connectivity index (χ0n) is 15.4. The smallest absolute Gasteiger partial charge is 0.272 e. The number of hydrogen-bond acceptors (Lipinski definition) is 3. The first-order valence-corrected chi connectivity index (χ1v) is 8.65. The highest BCUT2D eigenvalue weighted by Gasteiger charge is 2.38. The molecule has 3 rings (SSSR count). The Balaban J connectivity index is 1.74. The molecule has 7 heteroatoms. The molecule has 1 aliphatic rings. The molecule has 5 nitrogen and oxygen atoms in total. The highest BCUT2D eigenvalue weighted by atomic mass is 19.1. The Morgan fingerprint density at radius 2 is 1.73 bits per heavy atom. The van der Waals surface area contributed by atoms with Gasteiger partial charge < -0.3 is 10.6 Å². The van der Waals surface area contributed by atoms with E-state index in [0.29, 0.717) is 0 Å². The minimum absolute atomic E-state index is 0.0190. The topological polar surface area (TPSA) is 59.0 Å². The number of amides is 1. The van der Waals surface area contributed by atoms with Gasteiger partial charge in [-0.1, -0.05) is 0 Å². The van der Waals surface area contributed by atoms with E-state index in [0.717, 1.165) is 31.0 Å². The van der Waals surface area contributed by atoms with Gasteiger partial charge in [0.05, 0.1) is 5.69 Å². The van der Waals surface area contributed by atoms with Crippen LogP contribution < -0.4 is 10.6 Å². The van der Waals surface area contributed by atoms with Crippen molar-refractivity contribution in [2.24, 2.45) is 0 Å². The first-order chi connectivity index (χ1) is 12.0. The lowest BCUT2D eigenvalue weighted by Crippen LogP contribution is -2.62. The Morgan fingerprint density at radius 1 is 1.15 bits per heavy atom. The van der Waals surface area contributed by atoms with Gasteiger partial charge in [0.1, 0.15) is 11.6 Å². The van der Waals surface area contributed by atoms with E-state index >= 15 is 0 Å². The number of rotatable bonds is 3. The molecule has 2 N–H and O–H groups in total. The van der Waals surface area contributed by atoms with Gasteiger partial charge in [0, 0.05) is 29.4 Å². The molecule has 140 valence electrons. The number of aromatic nitrogens is 2. The van der Waals surface area contributed by atoms with Crippen LogP contribution in [0.4, 0.5) is 8.78 Å². The van der Waals surface area contributed by atoms with E-state index < -0.39 is 11.6 Å². The van der Waals surface area contributed by atoms with Crippen LogP contribution in [-0.4, -0.2) is 32.8 Å². The second-order valence-electron chi connectivity index (χ2n) is 8.24. The van der Waals surface area contributed by atoms with Crippen molar-refractivity contribution >= 4 is 5.91 Å². The second-order valence-corrected chi connectivity index (χ2v) is 8.24. The van der Waals surface area contributed by atoms with Gasteiger partial charge in [0.25, 0.3) is 5.91 Å². The van der Waals surface area contributed by atoms with Crippen LogP contribution in [0.1, 0.15) is 51.0 Å². The number of piperidine rings is 1. The first-order valence-electron chi connectivity index (χ1n) is 8.65. The molecule has 1 amide bonds. The molecule has 0 bridgehead atoms. The van der Waals surface area contributed by atoms with E-state index in [1.807, 2.05) is 0 Å². The number of carbonyl (C=O) groups is 1. The van der Waals surface area contributed by atoms with Crippen molar-refractivity contribution in [3.05, 3.63) is 47.8 Å². The molecule has 2 heterocycles. The fourth-order valence-corrected chi connectivity index (χ4v) is 3.94. The minimum atomic E-state index is -0.694. The molecular weight excluding hydrogens is 338 g/mol. The summed E-state index contributed by atoms with van der Waals surface area (Å²) in [6.45, 7) is 8.45. The quantitative estimate of drug-likeness (QED) is 0.882. The number of nitrogens with zero attached hydrogens (tertiary/aromatic N) is 2. The number of benzene rings is 1. The van der Waals surface area contributed by atoms with Gasteiger partial charge in [0.2, 0.25) is 0 Å². The third kappa shape index (κ3) is 4.27. The maximum atomic E-state index is 13.4. The summed E-state index contributed by atoms with van der Waals surface area (Å²) in [5.41, 5.74) is 0.269. The Labute approximate surface area is 151 Å². The molecular formula is C19H24F2N4O. The van der Waals surface area contributed by atoms with Gasteiger partial charge in [-0.05, 0) is 58.7 Å². The van der Waals surface area contributed by atoms with E-state index in [1.165, 1.54) is 16.9 Å². The van der Waals surface area contributed by atoms with E-state index in [4.69, 9.17) is 0 Å². The van der Waals surface area contributed by atoms with E-state index in [1.54, 1.807) is 0 Å². The number of halogens is 2. The average Bonchev–Trinajstić information content (AvgIpc) is 2.92. The monoisotopic (exact) mass is 362 g/mol. The molecule has 2 aromatic rings. The Kier molecular flexibility index (Phi) is 4.60. The molecule has 1 aliphatic heterocycles. The summed E-state index contributed by atoms with van der Waals surface area (Å²) in [6, 6.07) is 4.67. The van der Waals surface area contributed by atoms with E-state index in [-0.39, 0.29) is 34.4 Å². The van der Waals surface area contributed by atoms with Crippen LogP contribution in [0.5, 0.6) is 0 Å². The van der Waals surface area contributed by atoms with Gasteiger partial charge in [0.15, 0.2) is 5.69 Å². The molecule has 0 saturated carbocycles. The van der Waals surface area contributed by atoms with Crippen LogP contribution in [0.2, 0.25) is 0 Å². The SMILES string of the molecule is CC1(C)CC(NC(=O)c2ccn(-c3cc(F)cc(F)c3)n2)CC(C)(C)N1. The maximum Gasteiger partial charge on any atom is 0.272 e. The van der Waals surface area contributed by atoms with Crippen molar-refractivity contribution in [2.75, 3.05) is 0 Å². The molecule has 1 aromatic heterocycles. The highest BCUT2D eigenvalue weighted by molar-refractivity contribution is 5.92. The summed E-state index contributed by atoms with van der Waals surface area (Å²) < 4.78 is 28.0. The van der Waals surface area contributed by atoms with Crippen molar-refractivity contribution in [2.45, 2.75) is 57.7 Å². The fraction of sp³-hybridized carbons (Fsp3) is 0.474. The third-order valence-corrected chi connectivity index (χ3v) is 4.46. The van der Waals surface area contributed by atoms with Crippen molar-refractivity contribution < 1.29 is 13.6 Å². The van der Waals surface area contributed by atoms with Gasteiger partial charge in [-0.2, -0.15) is 5.10 Å². The lowest BCUT2D eigenvalue weighted by atomic mass is 9.79. The summed E-state index contributed by atoms with van der Waals surface area (Å²) in [7, 11) is 0. The molecule has 26 heavy (non-hydrogen) atoms. The predicted octanol–water partition coefficient (Wildman–Crippen LogP) is 3.19. The van der Waals surface area contributed by atoms with Crippen LogP contribution in [0.3, 0.4) is 0 Å². The predicted molar refractivity (Wildman–Crippen MR) is 95.3 cm³/mol. The summed E-state index contributed by atoms with van der Waals surface area (Å²) in [5, 5.41) is 10.8. The molecule has 1 aromatic carbocycles. The zero-order chi connectivity index (χ0) is 19.1. The Morgan fingerprint density at radius 3 is 2.31 bits per heavy atom. The van der Waals surface area contributed by atoms with Gasteiger partial charge in [-0.15, -0.1) is 0 Å². The molecule has 1 saturated heterocycles. The molecule has 0 spiro atoms. The first kappa shape index (κ1) is 18.5. The van der Waals surface area contributed by atoms with Crippen molar-refractivity contribution in [1.82, 2.24) is 20.4 Å². The highest BCUT2D eigenvalue weighted by Crippen LogP contribution is 2.28. The molecule has 0 unspecified atom stereocenters. The van der Waals surface area contributed by atoms with Crippen LogP contribution in [0, 0.1) is 11.6 Å². The van der Waals surface area contributed by atoms with Crippen molar-refractivity contribution in [1.29, 1.82) is 0 Å². The Bertz CT molecular complexity index is 792. The number of nitrogens with one attached hydrogen (secondary N) is 2. The summed E-state index contributed by atoms with van der Waals surface area (Å²) in [6.07, 6.45) is 3.12.